The highest BCUT2D eigenvalue weighted by atomic mass is 16.5. The normalized spacial score (nSPS) is 14.7. The molecule has 0 bridgehead atoms. The first-order valence-corrected chi connectivity index (χ1v) is 16.2. The van der Waals surface area contributed by atoms with Crippen LogP contribution in [0.15, 0.2) is 67.4 Å². The number of nitrogens with one attached hydrogen (secondary N) is 1. The van der Waals surface area contributed by atoms with Crippen molar-refractivity contribution < 1.29 is 14.3 Å². The highest BCUT2D eigenvalue weighted by Crippen LogP contribution is 2.37. The van der Waals surface area contributed by atoms with Crippen molar-refractivity contribution in [2.24, 2.45) is 5.92 Å². The van der Waals surface area contributed by atoms with Gasteiger partial charge < -0.3 is 24.1 Å². The van der Waals surface area contributed by atoms with Crippen LogP contribution >= 0.6 is 0 Å². The third-order valence-electron chi connectivity index (χ3n) is 9.14. The molecule has 2 aromatic carbocycles. The molecular formula is C36H47N5O3. The smallest absolute Gasteiger partial charge is 0.255 e. The molecule has 0 saturated carbocycles. The van der Waals surface area contributed by atoms with Crippen molar-refractivity contribution in [2.75, 3.05) is 40.4 Å². The summed E-state index contributed by atoms with van der Waals surface area (Å²) in [5.74, 6) is 0.729. The minimum absolute atomic E-state index is 0.0154. The van der Waals surface area contributed by atoms with Crippen LogP contribution in [-0.2, 0) is 9.53 Å². The molecule has 1 saturated heterocycles. The molecule has 4 aromatic rings. The molecule has 3 heterocycles. The van der Waals surface area contributed by atoms with Crippen LogP contribution in [0.4, 0.5) is 0 Å². The van der Waals surface area contributed by atoms with Crippen LogP contribution in [0.1, 0.15) is 80.4 Å². The Labute approximate surface area is 261 Å². The molecule has 0 radical (unpaired) electrons. The number of likely N-dealkylation sites (tertiary alicyclic amines) is 1. The summed E-state index contributed by atoms with van der Waals surface area (Å²) in [5, 5.41) is 2.26. The van der Waals surface area contributed by atoms with E-state index in [1.807, 2.05) is 31.6 Å². The van der Waals surface area contributed by atoms with Gasteiger partial charge in [-0.3, -0.25) is 9.59 Å². The lowest BCUT2D eigenvalue weighted by Crippen LogP contribution is -2.38. The Hall–Kier alpha value is -3.91. The van der Waals surface area contributed by atoms with Gasteiger partial charge >= 0.3 is 0 Å². The SMILES string of the molecule is CCCCCCC(=O)N1CCC(CC(c2cnc[nH]2)n2cc(C(=O)N(C)CCOC)c(-c3cccc4ccccc34)c2)CC1. The number of benzene rings is 2. The van der Waals surface area contributed by atoms with Gasteiger partial charge in [0.2, 0.25) is 5.91 Å². The van der Waals surface area contributed by atoms with E-state index in [1.165, 1.54) is 12.8 Å². The summed E-state index contributed by atoms with van der Waals surface area (Å²) in [6.45, 7) is 4.81. The first-order chi connectivity index (χ1) is 21.5. The molecule has 2 amide bonds. The number of carbonyl (C=O) groups excluding carboxylic acids is 2. The summed E-state index contributed by atoms with van der Waals surface area (Å²) in [5.41, 5.74) is 3.65. The predicted octanol–water partition coefficient (Wildman–Crippen LogP) is 6.94. The Kier molecular flexibility index (Phi) is 10.9. The van der Waals surface area contributed by atoms with E-state index in [0.29, 0.717) is 37.0 Å². The second-order valence-corrected chi connectivity index (χ2v) is 12.2. The van der Waals surface area contributed by atoms with Gasteiger partial charge in [-0.1, -0.05) is 68.7 Å². The molecule has 0 aliphatic carbocycles. The molecule has 234 valence electrons. The van der Waals surface area contributed by atoms with E-state index in [2.05, 4.69) is 62.9 Å². The summed E-state index contributed by atoms with van der Waals surface area (Å²) < 4.78 is 7.47. The van der Waals surface area contributed by atoms with Crippen LogP contribution in [0.25, 0.3) is 21.9 Å². The second-order valence-electron chi connectivity index (χ2n) is 12.2. The number of likely N-dealkylation sites (N-methyl/N-ethyl adjacent to an activating group) is 1. The van der Waals surface area contributed by atoms with Gasteiger partial charge in [-0.15, -0.1) is 0 Å². The van der Waals surface area contributed by atoms with E-state index in [4.69, 9.17) is 4.74 Å². The van der Waals surface area contributed by atoms with Crippen molar-refractivity contribution in [1.82, 2.24) is 24.3 Å². The fourth-order valence-corrected chi connectivity index (χ4v) is 6.49. The number of rotatable bonds is 14. The van der Waals surface area contributed by atoms with Crippen molar-refractivity contribution in [3.8, 4) is 11.1 Å². The maximum absolute atomic E-state index is 13.9. The number of aromatic nitrogens is 3. The van der Waals surface area contributed by atoms with Crippen LogP contribution in [0.3, 0.4) is 0 Å². The van der Waals surface area contributed by atoms with Gasteiger partial charge in [0.25, 0.3) is 5.91 Å². The molecular weight excluding hydrogens is 550 g/mol. The summed E-state index contributed by atoms with van der Waals surface area (Å²) in [7, 11) is 3.48. The molecule has 0 spiro atoms. The molecule has 8 heteroatoms. The second kappa shape index (κ2) is 15.2. The number of unbranched alkanes of at least 4 members (excludes halogenated alkanes) is 3. The summed E-state index contributed by atoms with van der Waals surface area (Å²) in [6.07, 6.45) is 15.8. The molecule has 44 heavy (non-hydrogen) atoms. The van der Waals surface area contributed by atoms with E-state index in [9.17, 15) is 9.59 Å². The maximum Gasteiger partial charge on any atom is 0.255 e. The number of ether oxygens (including phenoxy) is 1. The zero-order valence-corrected chi connectivity index (χ0v) is 26.5. The largest absolute Gasteiger partial charge is 0.383 e. The standard InChI is InChI=1S/C36H47N5O3/c1-4-5-6-7-15-35(42)40-18-16-27(17-19-40)22-34(33-23-37-26-38-33)41-24-31(32(25-41)36(43)39(2)20-21-44-3)30-14-10-12-28-11-8-9-13-29(28)30/h8-14,23-27,34H,4-7,15-22H2,1-3H3,(H,37,38). The van der Waals surface area contributed by atoms with E-state index in [1.54, 1.807) is 18.3 Å². The van der Waals surface area contributed by atoms with Crippen LogP contribution in [0.2, 0.25) is 0 Å². The van der Waals surface area contributed by atoms with E-state index in [0.717, 1.165) is 72.8 Å². The Morgan fingerprint density at radius 1 is 1.05 bits per heavy atom. The number of aromatic amines is 1. The Balaban J connectivity index is 1.42. The maximum atomic E-state index is 13.9. The Bertz CT molecular complexity index is 1500. The van der Waals surface area contributed by atoms with Crippen molar-refractivity contribution in [1.29, 1.82) is 0 Å². The number of H-pyrrole nitrogens is 1. The molecule has 1 aliphatic rings. The number of methoxy groups -OCH3 is 1. The molecule has 1 fully saturated rings. The number of amides is 2. The fraction of sp³-hybridized carbons (Fsp3) is 0.472. The lowest BCUT2D eigenvalue weighted by atomic mass is 9.89. The first-order valence-electron chi connectivity index (χ1n) is 16.2. The molecule has 8 nitrogen and oxygen atoms in total. The molecule has 1 N–H and O–H groups in total. The molecule has 5 rings (SSSR count). The summed E-state index contributed by atoms with van der Waals surface area (Å²) in [6, 6.07) is 14.6. The van der Waals surface area contributed by atoms with Gasteiger partial charge in [0.1, 0.15) is 0 Å². The van der Waals surface area contributed by atoms with Crippen LogP contribution in [0, 0.1) is 5.92 Å². The number of nitrogens with zero attached hydrogens (tertiary/aromatic N) is 4. The molecule has 1 unspecified atom stereocenters. The quantitative estimate of drug-likeness (QED) is 0.160. The van der Waals surface area contributed by atoms with Crippen molar-refractivity contribution in [3.63, 3.8) is 0 Å². The molecule has 1 aliphatic heterocycles. The minimum Gasteiger partial charge on any atom is -0.383 e. The fourth-order valence-electron chi connectivity index (χ4n) is 6.49. The zero-order chi connectivity index (χ0) is 30.9. The van der Waals surface area contributed by atoms with Gasteiger partial charge in [0.15, 0.2) is 0 Å². The Morgan fingerprint density at radius 3 is 2.59 bits per heavy atom. The zero-order valence-electron chi connectivity index (χ0n) is 26.5. The number of fused-ring (bicyclic) bond motifs is 1. The third kappa shape index (κ3) is 7.41. The lowest BCUT2D eigenvalue weighted by Gasteiger charge is -2.34. The number of hydrogen-bond donors (Lipinski definition) is 1. The average Bonchev–Trinajstić information content (AvgIpc) is 3.75. The average molecular weight is 598 g/mol. The number of piperidine rings is 1. The van der Waals surface area contributed by atoms with Gasteiger partial charge in [-0.05, 0) is 47.9 Å². The van der Waals surface area contributed by atoms with Gasteiger partial charge in [-0.25, -0.2) is 4.98 Å². The lowest BCUT2D eigenvalue weighted by molar-refractivity contribution is -0.132. The molecule has 2 aromatic heterocycles. The Morgan fingerprint density at radius 2 is 1.84 bits per heavy atom. The number of imidazole rings is 1. The van der Waals surface area contributed by atoms with Crippen molar-refractivity contribution in [2.45, 2.75) is 64.3 Å². The summed E-state index contributed by atoms with van der Waals surface area (Å²) in [4.78, 5) is 38.2. The molecule has 1 atom stereocenters. The van der Waals surface area contributed by atoms with Crippen LogP contribution in [-0.4, -0.2) is 76.5 Å². The van der Waals surface area contributed by atoms with Crippen LogP contribution < -0.4 is 0 Å². The van der Waals surface area contributed by atoms with Crippen molar-refractivity contribution >= 4 is 22.6 Å². The van der Waals surface area contributed by atoms with E-state index in [-0.39, 0.29) is 11.9 Å². The topological polar surface area (TPSA) is 83.5 Å². The highest BCUT2D eigenvalue weighted by Gasteiger charge is 2.29. The van der Waals surface area contributed by atoms with Gasteiger partial charge in [0, 0.05) is 58.2 Å². The van der Waals surface area contributed by atoms with Crippen LogP contribution in [0.5, 0.6) is 0 Å². The number of carbonyl (C=O) groups is 2. The van der Waals surface area contributed by atoms with Gasteiger partial charge in [-0.2, -0.15) is 0 Å². The third-order valence-corrected chi connectivity index (χ3v) is 9.14. The number of hydrogen-bond acceptors (Lipinski definition) is 4. The highest BCUT2D eigenvalue weighted by molar-refractivity contribution is 6.06. The minimum atomic E-state index is -0.0298. The summed E-state index contributed by atoms with van der Waals surface area (Å²) >= 11 is 0. The van der Waals surface area contributed by atoms with Gasteiger partial charge in [0.05, 0.1) is 36.4 Å². The monoisotopic (exact) mass is 597 g/mol. The van der Waals surface area contributed by atoms with E-state index >= 15 is 0 Å². The van der Waals surface area contributed by atoms with E-state index < -0.39 is 0 Å². The predicted molar refractivity (Wildman–Crippen MR) is 176 cm³/mol. The van der Waals surface area contributed by atoms with Crippen molar-refractivity contribution in [3.05, 3.63) is 78.6 Å². The first kappa shape index (κ1) is 31.5.